The summed E-state index contributed by atoms with van der Waals surface area (Å²) in [6, 6.07) is -0.515. The summed E-state index contributed by atoms with van der Waals surface area (Å²) in [6.07, 6.45) is 0. The van der Waals surface area contributed by atoms with E-state index in [1.165, 1.54) is 0 Å². The normalized spacial score (nSPS) is 22.0. The summed E-state index contributed by atoms with van der Waals surface area (Å²) in [5.41, 5.74) is -26.2. The second-order valence-corrected chi connectivity index (χ2v) is 8.36. The summed E-state index contributed by atoms with van der Waals surface area (Å²) in [5.74, 6) is -40.7. The van der Waals surface area contributed by atoms with Crippen molar-refractivity contribution in [3.63, 3.8) is 0 Å². The summed E-state index contributed by atoms with van der Waals surface area (Å²) < 4.78 is 235. The maximum absolute atomic E-state index is 16.4. The van der Waals surface area contributed by atoms with Crippen LogP contribution in [0.15, 0.2) is 23.8 Å². The summed E-state index contributed by atoms with van der Waals surface area (Å²) in [6.45, 7) is 0. The smallest absolute Gasteiger partial charge is 0.222 e. The Bertz CT molecular complexity index is 1640. The van der Waals surface area contributed by atoms with E-state index in [9.17, 15) is 43.9 Å². The molecule has 0 amide bonds. The summed E-state index contributed by atoms with van der Waals surface area (Å²) in [7, 11) is 0. The Morgan fingerprint density at radius 2 is 0.625 bits per heavy atom. The van der Waals surface area contributed by atoms with Gasteiger partial charge >= 0.3 is 0 Å². The minimum Gasteiger partial charge on any atom is -0.225 e. The molecule has 2 unspecified atom stereocenters. The fraction of sp³-hybridized carbons (Fsp3) is 0.0833. The van der Waals surface area contributed by atoms with Gasteiger partial charge in [-0.1, -0.05) is 0 Å². The van der Waals surface area contributed by atoms with Crippen molar-refractivity contribution >= 4 is 11.7 Å². The molecule has 2 atom stereocenters. The van der Waals surface area contributed by atoms with Crippen LogP contribution in [0.2, 0.25) is 0 Å². The van der Waals surface area contributed by atoms with Crippen molar-refractivity contribution in [1.82, 2.24) is 0 Å². The van der Waals surface area contributed by atoms with Crippen molar-refractivity contribution in [3.05, 3.63) is 115 Å². The molecule has 0 fully saturated rings. The van der Waals surface area contributed by atoms with E-state index in [1.807, 2.05) is 0 Å². The van der Waals surface area contributed by atoms with Crippen LogP contribution in [-0.4, -0.2) is 0 Å². The molecule has 2 aliphatic rings. The lowest BCUT2D eigenvalue weighted by molar-refractivity contribution is 0.184. The van der Waals surface area contributed by atoms with E-state index >= 15 is 26.3 Å². The lowest BCUT2D eigenvalue weighted by Gasteiger charge is -2.31. The van der Waals surface area contributed by atoms with Crippen molar-refractivity contribution in [3.8, 4) is 0 Å². The SMILES string of the molecule is FC1=C(F)C(F)(c2c(F)ccc(F)c2C2(F)C(F)=C(F)c3c(F)c(F)c(F)c(F)c32)c2c(F)c(F)c(F)c(F)c21. The molecule has 0 aliphatic heterocycles. The number of benzene rings is 3. The van der Waals surface area contributed by atoms with E-state index in [2.05, 4.69) is 0 Å². The van der Waals surface area contributed by atoms with Gasteiger partial charge in [0.1, 0.15) is 11.6 Å². The zero-order valence-corrected chi connectivity index (χ0v) is 18.2. The lowest BCUT2D eigenvalue weighted by atomic mass is 9.77. The van der Waals surface area contributed by atoms with E-state index < -0.39 is 126 Å². The van der Waals surface area contributed by atoms with Gasteiger partial charge in [-0.25, -0.2) is 70.2 Å². The fourth-order valence-corrected chi connectivity index (χ4v) is 4.76. The highest BCUT2D eigenvalue weighted by atomic mass is 19.2. The van der Waals surface area contributed by atoms with Gasteiger partial charge in [-0.15, -0.1) is 0 Å². The van der Waals surface area contributed by atoms with Crippen LogP contribution in [0.5, 0.6) is 0 Å². The first-order chi connectivity index (χ1) is 18.5. The molecule has 0 bridgehead atoms. The molecule has 0 nitrogen and oxygen atoms in total. The Morgan fingerprint density at radius 3 is 0.925 bits per heavy atom. The van der Waals surface area contributed by atoms with Gasteiger partial charge in [0.25, 0.3) is 0 Å². The summed E-state index contributed by atoms with van der Waals surface area (Å²) >= 11 is 0. The first-order valence-electron chi connectivity index (χ1n) is 10.2. The third-order valence-electron chi connectivity index (χ3n) is 6.45. The first kappa shape index (κ1) is 27.6. The van der Waals surface area contributed by atoms with Gasteiger partial charge in [0, 0.05) is 11.1 Å². The predicted molar refractivity (Wildman–Crippen MR) is 101 cm³/mol. The second kappa shape index (κ2) is 8.27. The molecule has 16 heteroatoms. The third kappa shape index (κ3) is 2.90. The molecular formula is C24H2F16. The van der Waals surface area contributed by atoms with Gasteiger partial charge in [0.2, 0.25) is 11.3 Å². The summed E-state index contributed by atoms with van der Waals surface area (Å²) in [4.78, 5) is 0. The largest absolute Gasteiger partial charge is 0.225 e. The van der Waals surface area contributed by atoms with Crippen LogP contribution in [0.3, 0.4) is 0 Å². The molecule has 0 saturated carbocycles. The Morgan fingerprint density at radius 1 is 0.350 bits per heavy atom. The maximum atomic E-state index is 16.4. The molecule has 40 heavy (non-hydrogen) atoms. The number of hydrogen-bond acceptors (Lipinski definition) is 0. The van der Waals surface area contributed by atoms with E-state index in [-0.39, 0.29) is 12.1 Å². The van der Waals surface area contributed by atoms with Gasteiger partial charge in [0.15, 0.2) is 69.8 Å². The molecule has 0 spiro atoms. The molecule has 0 aromatic heterocycles. The van der Waals surface area contributed by atoms with E-state index in [1.54, 1.807) is 0 Å². The van der Waals surface area contributed by atoms with Crippen molar-refractivity contribution in [2.75, 3.05) is 0 Å². The van der Waals surface area contributed by atoms with Crippen LogP contribution in [0.25, 0.3) is 11.7 Å². The highest BCUT2D eigenvalue weighted by Gasteiger charge is 2.62. The van der Waals surface area contributed by atoms with E-state index in [4.69, 9.17) is 0 Å². The van der Waals surface area contributed by atoms with Crippen molar-refractivity contribution in [2.24, 2.45) is 0 Å². The van der Waals surface area contributed by atoms with Gasteiger partial charge in [0.05, 0.1) is 22.3 Å². The Hall–Kier alpha value is -3.98. The minimum absolute atomic E-state index is 0.258. The zero-order chi connectivity index (χ0) is 30.0. The van der Waals surface area contributed by atoms with Crippen LogP contribution in [-0.2, 0) is 11.3 Å². The van der Waals surface area contributed by atoms with Crippen LogP contribution >= 0.6 is 0 Å². The van der Waals surface area contributed by atoms with Gasteiger partial charge in [-0.2, -0.15) is 0 Å². The fourth-order valence-electron chi connectivity index (χ4n) is 4.76. The Labute approximate surface area is 209 Å². The van der Waals surface area contributed by atoms with Crippen LogP contribution in [0.4, 0.5) is 70.2 Å². The monoisotopic (exact) mass is 594 g/mol. The molecule has 3 aromatic rings. The molecule has 210 valence electrons. The molecule has 0 radical (unpaired) electrons. The van der Waals surface area contributed by atoms with Crippen LogP contribution < -0.4 is 0 Å². The highest BCUT2D eigenvalue weighted by Crippen LogP contribution is 2.62. The Balaban J connectivity index is 2.00. The van der Waals surface area contributed by atoms with Crippen LogP contribution in [0.1, 0.15) is 33.4 Å². The molecule has 5 rings (SSSR count). The third-order valence-corrected chi connectivity index (χ3v) is 6.45. The lowest BCUT2D eigenvalue weighted by Crippen LogP contribution is -2.34. The van der Waals surface area contributed by atoms with Crippen LogP contribution in [0, 0.1) is 58.2 Å². The number of fused-ring (bicyclic) bond motifs is 2. The number of rotatable bonds is 2. The average molecular weight is 594 g/mol. The second-order valence-electron chi connectivity index (χ2n) is 8.36. The topological polar surface area (TPSA) is 0 Å². The molecular weight excluding hydrogens is 592 g/mol. The summed E-state index contributed by atoms with van der Waals surface area (Å²) in [5, 5.41) is 0. The predicted octanol–water partition coefficient (Wildman–Crippen LogP) is 8.75. The average Bonchev–Trinajstić information content (AvgIpc) is 3.25. The highest BCUT2D eigenvalue weighted by molar-refractivity contribution is 5.80. The van der Waals surface area contributed by atoms with Gasteiger partial charge in [-0.3, -0.25) is 0 Å². The van der Waals surface area contributed by atoms with Gasteiger partial charge in [-0.05, 0) is 12.1 Å². The van der Waals surface area contributed by atoms with E-state index in [0.29, 0.717) is 0 Å². The molecule has 2 aliphatic carbocycles. The molecule has 0 heterocycles. The van der Waals surface area contributed by atoms with E-state index in [0.717, 1.165) is 0 Å². The van der Waals surface area contributed by atoms with Gasteiger partial charge < -0.3 is 0 Å². The number of alkyl halides is 2. The molecule has 0 N–H and O–H groups in total. The van der Waals surface area contributed by atoms with Crippen molar-refractivity contribution in [1.29, 1.82) is 0 Å². The molecule has 3 aromatic carbocycles. The number of halogens is 16. The number of allylic oxidation sites excluding steroid dienone is 2. The number of hydrogen-bond donors (Lipinski definition) is 0. The van der Waals surface area contributed by atoms with Crippen molar-refractivity contribution < 1.29 is 70.2 Å². The standard InChI is InChI=1S/C24H2F16/c25-3-1-2-4(26)8(24(40)10-6(14(30)22(24)38)12(28)18(34)20(36)16(10)32)7(3)23(39)9-5(13(29)21(23)37)11(27)17(33)19(35)15(9)31/h1-2H. The maximum Gasteiger partial charge on any atom is 0.222 e. The Kier molecular flexibility index (Phi) is 5.70. The zero-order valence-electron chi connectivity index (χ0n) is 18.2. The first-order valence-corrected chi connectivity index (χ1v) is 10.2. The quantitative estimate of drug-likeness (QED) is 0.158. The molecule has 0 saturated heterocycles. The minimum atomic E-state index is -5.29. The van der Waals surface area contributed by atoms with Crippen molar-refractivity contribution in [2.45, 2.75) is 11.3 Å².